The lowest BCUT2D eigenvalue weighted by atomic mass is 10.2. The van der Waals surface area contributed by atoms with Crippen molar-refractivity contribution in [3.63, 3.8) is 0 Å². The molecular formula is C15H20N2O2. The van der Waals surface area contributed by atoms with Crippen LogP contribution in [0.2, 0.25) is 0 Å². The van der Waals surface area contributed by atoms with Crippen molar-refractivity contribution in [3.05, 3.63) is 47.4 Å². The first-order chi connectivity index (χ1) is 9.10. The van der Waals surface area contributed by atoms with Crippen molar-refractivity contribution in [2.75, 3.05) is 19.0 Å². The van der Waals surface area contributed by atoms with Crippen LogP contribution in [0.3, 0.4) is 0 Å². The highest BCUT2D eigenvalue weighted by atomic mass is 16.5. The second-order valence-corrected chi connectivity index (χ2v) is 4.70. The number of aryl methyl sites for hydroxylation is 1. The smallest absolute Gasteiger partial charge is 0.146 e. The first-order valence-corrected chi connectivity index (χ1v) is 6.28. The summed E-state index contributed by atoms with van der Waals surface area (Å²) in [6, 6.07) is 9.92. The second-order valence-electron chi connectivity index (χ2n) is 4.70. The standard InChI is InChI=1S/C15H20N2O2/c1-11-7-14(19-15(11)9-16)10-18-13-6-4-5-12(8-13)17(2)3/h4-8H,9-10,16H2,1-3H3. The lowest BCUT2D eigenvalue weighted by Gasteiger charge is -2.13. The van der Waals surface area contributed by atoms with E-state index < -0.39 is 0 Å². The van der Waals surface area contributed by atoms with E-state index in [2.05, 4.69) is 0 Å². The van der Waals surface area contributed by atoms with Gasteiger partial charge in [-0.2, -0.15) is 0 Å². The zero-order chi connectivity index (χ0) is 13.8. The van der Waals surface area contributed by atoms with Crippen molar-refractivity contribution in [2.45, 2.75) is 20.1 Å². The summed E-state index contributed by atoms with van der Waals surface area (Å²) in [4.78, 5) is 2.04. The molecule has 4 nitrogen and oxygen atoms in total. The van der Waals surface area contributed by atoms with E-state index >= 15 is 0 Å². The number of nitrogens with two attached hydrogens (primary N) is 1. The maximum absolute atomic E-state index is 5.73. The molecule has 2 N–H and O–H groups in total. The van der Waals surface area contributed by atoms with E-state index in [9.17, 15) is 0 Å². The van der Waals surface area contributed by atoms with Gasteiger partial charge in [-0.05, 0) is 30.7 Å². The molecule has 0 amide bonds. The molecular weight excluding hydrogens is 240 g/mol. The summed E-state index contributed by atoms with van der Waals surface area (Å²) in [6.45, 7) is 2.82. The third-order valence-electron chi connectivity index (χ3n) is 2.97. The second kappa shape index (κ2) is 5.80. The van der Waals surface area contributed by atoms with E-state index in [1.54, 1.807) is 0 Å². The van der Waals surface area contributed by atoms with Crippen LogP contribution in [0.15, 0.2) is 34.7 Å². The van der Waals surface area contributed by atoms with Crippen LogP contribution in [-0.4, -0.2) is 14.1 Å². The molecule has 0 aliphatic rings. The highest BCUT2D eigenvalue weighted by Crippen LogP contribution is 2.21. The lowest BCUT2D eigenvalue weighted by Crippen LogP contribution is -2.08. The minimum absolute atomic E-state index is 0.414. The zero-order valence-electron chi connectivity index (χ0n) is 11.6. The van der Waals surface area contributed by atoms with Crippen LogP contribution >= 0.6 is 0 Å². The predicted octanol–water partition coefficient (Wildman–Crippen LogP) is 2.69. The fourth-order valence-corrected chi connectivity index (χ4v) is 1.87. The van der Waals surface area contributed by atoms with Gasteiger partial charge in [-0.15, -0.1) is 0 Å². The molecule has 19 heavy (non-hydrogen) atoms. The quantitative estimate of drug-likeness (QED) is 0.898. The van der Waals surface area contributed by atoms with E-state index in [-0.39, 0.29) is 0 Å². The minimum Gasteiger partial charge on any atom is -0.486 e. The van der Waals surface area contributed by atoms with E-state index in [0.717, 1.165) is 28.5 Å². The fourth-order valence-electron chi connectivity index (χ4n) is 1.87. The van der Waals surface area contributed by atoms with Crippen molar-refractivity contribution in [2.24, 2.45) is 5.73 Å². The normalized spacial score (nSPS) is 10.5. The van der Waals surface area contributed by atoms with Crippen LogP contribution in [0.4, 0.5) is 5.69 Å². The number of hydrogen-bond acceptors (Lipinski definition) is 4. The average molecular weight is 260 g/mol. The topological polar surface area (TPSA) is 51.6 Å². The summed E-state index contributed by atoms with van der Waals surface area (Å²) >= 11 is 0. The highest BCUT2D eigenvalue weighted by molar-refractivity contribution is 5.49. The van der Waals surface area contributed by atoms with Gasteiger partial charge in [0.1, 0.15) is 23.9 Å². The van der Waals surface area contributed by atoms with Crippen molar-refractivity contribution < 1.29 is 9.15 Å². The van der Waals surface area contributed by atoms with E-state index in [4.69, 9.17) is 14.9 Å². The Labute approximate surface area is 113 Å². The maximum atomic E-state index is 5.73. The maximum Gasteiger partial charge on any atom is 0.146 e. The van der Waals surface area contributed by atoms with Crippen molar-refractivity contribution in [3.8, 4) is 5.75 Å². The Morgan fingerprint density at radius 2 is 2.05 bits per heavy atom. The van der Waals surface area contributed by atoms with E-state index in [1.807, 2.05) is 56.3 Å². The number of nitrogens with zero attached hydrogens (tertiary/aromatic N) is 1. The largest absolute Gasteiger partial charge is 0.486 e. The number of hydrogen-bond donors (Lipinski definition) is 1. The number of rotatable bonds is 5. The Bertz CT molecular complexity index is 547. The summed E-state index contributed by atoms with van der Waals surface area (Å²) < 4.78 is 11.3. The highest BCUT2D eigenvalue weighted by Gasteiger charge is 2.07. The molecule has 2 aromatic rings. The Morgan fingerprint density at radius 3 is 2.68 bits per heavy atom. The molecule has 0 atom stereocenters. The SMILES string of the molecule is Cc1cc(COc2cccc(N(C)C)c2)oc1CN. The molecule has 0 aliphatic heterocycles. The van der Waals surface area contributed by atoms with Crippen LogP contribution in [0.5, 0.6) is 5.75 Å². The third kappa shape index (κ3) is 3.29. The molecule has 2 rings (SSSR count). The lowest BCUT2D eigenvalue weighted by molar-refractivity contribution is 0.266. The number of benzene rings is 1. The Balaban J connectivity index is 2.03. The van der Waals surface area contributed by atoms with Gasteiger partial charge in [0.05, 0.1) is 6.54 Å². The Kier molecular flexibility index (Phi) is 4.12. The molecule has 0 bridgehead atoms. The first kappa shape index (κ1) is 13.5. The molecule has 4 heteroatoms. The van der Waals surface area contributed by atoms with Gasteiger partial charge in [0, 0.05) is 25.8 Å². The molecule has 0 saturated heterocycles. The van der Waals surface area contributed by atoms with E-state index in [0.29, 0.717) is 13.2 Å². The zero-order valence-corrected chi connectivity index (χ0v) is 11.6. The molecule has 0 unspecified atom stereocenters. The van der Waals surface area contributed by atoms with Crippen LogP contribution in [0, 0.1) is 6.92 Å². The Hall–Kier alpha value is -1.94. The van der Waals surface area contributed by atoms with Crippen LogP contribution in [0.1, 0.15) is 17.1 Å². The first-order valence-electron chi connectivity index (χ1n) is 6.28. The van der Waals surface area contributed by atoms with Gasteiger partial charge in [0.25, 0.3) is 0 Å². The van der Waals surface area contributed by atoms with E-state index in [1.165, 1.54) is 0 Å². The molecule has 0 spiro atoms. The van der Waals surface area contributed by atoms with Gasteiger partial charge in [0.2, 0.25) is 0 Å². The number of anilines is 1. The molecule has 102 valence electrons. The number of furan rings is 1. The van der Waals surface area contributed by atoms with Crippen LogP contribution < -0.4 is 15.4 Å². The van der Waals surface area contributed by atoms with Gasteiger partial charge in [-0.1, -0.05) is 6.07 Å². The van der Waals surface area contributed by atoms with Crippen LogP contribution in [0.25, 0.3) is 0 Å². The van der Waals surface area contributed by atoms with Crippen molar-refractivity contribution >= 4 is 5.69 Å². The molecule has 1 heterocycles. The molecule has 1 aromatic carbocycles. The molecule has 1 aromatic heterocycles. The summed E-state index contributed by atoms with van der Waals surface area (Å²) in [7, 11) is 4.01. The monoisotopic (exact) mass is 260 g/mol. The molecule has 0 radical (unpaired) electrons. The van der Waals surface area contributed by atoms with Crippen molar-refractivity contribution in [1.82, 2.24) is 0 Å². The van der Waals surface area contributed by atoms with Crippen molar-refractivity contribution in [1.29, 1.82) is 0 Å². The van der Waals surface area contributed by atoms with Gasteiger partial charge >= 0.3 is 0 Å². The average Bonchev–Trinajstić information content (AvgIpc) is 2.77. The summed E-state index contributed by atoms with van der Waals surface area (Å²) in [5, 5.41) is 0. The number of ether oxygens (including phenoxy) is 1. The summed E-state index contributed by atoms with van der Waals surface area (Å²) in [5.41, 5.74) is 7.76. The van der Waals surface area contributed by atoms with Crippen LogP contribution in [-0.2, 0) is 13.2 Å². The summed E-state index contributed by atoms with van der Waals surface area (Å²) in [6.07, 6.45) is 0. The summed E-state index contributed by atoms with van der Waals surface area (Å²) in [5.74, 6) is 2.45. The van der Waals surface area contributed by atoms with Gasteiger partial charge in [-0.25, -0.2) is 0 Å². The predicted molar refractivity (Wildman–Crippen MR) is 76.4 cm³/mol. The minimum atomic E-state index is 0.414. The fraction of sp³-hybridized carbons (Fsp3) is 0.333. The van der Waals surface area contributed by atoms with Gasteiger partial charge < -0.3 is 19.8 Å². The molecule has 0 fully saturated rings. The molecule has 0 aliphatic carbocycles. The van der Waals surface area contributed by atoms with Gasteiger partial charge in [0.15, 0.2) is 0 Å². The molecule has 0 saturated carbocycles. The Morgan fingerprint density at radius 1 is 1.26 bits per heavy atom. The van der Waals surface area contributed by atoms with Gasteiger partial charge in [-0.3, -0.25) is 0 Å². The third-order valence-corrected chi connectivity index (χ3v) is 2.97.